The van der Waals surface area contributed by atoms with Crippen molar-refractivity contribution in [1.29, 1.82) is 0 Å². The molecule has 7 N–H and O–H groups in total. The number of imidazole rings is 1. The van der Waals surface area contributed by atoms with E-state index < -0.39 is 41.8 Å². The topological polar surface area (TPSA) is 202 Å². The number of nitrogens with two attached hydrogens (primary N) is 2. The number of carbonyl (C=O) groups is 2. The summed E-state index contributed by atoms with van der Waals surface area (Å²) < 4.78 is 20.5. The smallest absolute Gasteiger partial charge is 0.412 e. The van der Waals surface area contributed by atoms with E-state index in [1.807, 2.05) is 0 Å². The Bertz CT molecular complexity index is 1570. The number of nitrogens with one attached hydrogen (secondary N) is 2. The average Bonchev–Trinajstić information content (AvgIpc) is 3.50. The first kappa shape index (κ1) is 28.7. The number of hydrogen-bond acceptors (Lipinski definition) is 11. The lowest BCUT2D eigenvalue weighted by molar-refractivity contribution is -0.170. The number of nitrogens with zero attached hydrogens (tertiary/aromatic N) is 4. The lowest BCUT2D eigenvalue weighted by Crippen LogP contribution is -2.66. The monoisotopic (exact) mass is 576 g/mol. The van der Waals surface area contributed by atoms with Gasteiger partial charge in [-0.15, -0.1) is 0 Å². The zero-order chi connectivity index (χ0) is 30.0. The number of carbonyl (C=O) groups excluding carboxylic acids is 2. The second-order valence-corrected chi connectivity index (χ2v) is 9.97. The second-order valence-electron chi connectivity index (χ2n) is 9.97. The third kappa shape index (κ3) is 4.55. The Balaban J connectivity index is 1.76. The number of aliphatic hydroxyl groups excluding tert-OH is 1. The minimum Gasteiger partial charge on any atom is -0.436 e. The maximum Gasteiger partial charge on any atom is 0.412 e. The van der Waals surface area contributed by atoms with Gasteiger partial charge in [-0.1, -0.05) is 48.5 Å². The minimum absolute atomic E-state index is 0.114. The maximum atomic E-state index is 13.6. The van der Waals surface area contributed by atoms with Crippen LogP contribution in [0, 0.1) is 0 Å². The number of benzene rings is 2. The largest absolute Gasteiger partial charge is 0.436 e. The third-order valence-electron chi connectivity index (χ3n) is 7.59. The number of alkyl carbamates (subject to hydrolysis) is 1. The molecule has 5 rings (SSSR count). The van der Waals surface area contributed by atoms with Gasteiger partial charge >= 0.3 is 12.2 Å². The summed E-state index contributed by atoms with van der Waals surface area (Å²) in [6.07, 6.45) is -0.249. The molecule has 14 heteroatoms. The number of fused-ring (bicyclic) bond motifs is 1. The molecule has 4 aromatic rings. The third-order valence-corrected chi connectivity index (χ3v) is 7.59. The van der Waals surface area contributed by atoms with Crippen LogP contribution < -0.4 is 22.1 Å². The molecule has 0 bridgehead atoms. The molecule has 0 aliphatic carbocycles. The molecule has 0 unspecified atom stereocenters. The van der Waals surface area contributed by atoms with Gasteiger partial charge in [-0.2, -0.15) is 0 Å². The summed E-state index contributed by atoms with van der Waals surface area (Å²) in [6, 6.07) is 17.5. The first-order chi connectivity index (χ1) is 20.2. The van der Waals surface area contributed by atoms with Gasteiger partial charge in [0.1, 0.15) is 17.9 Å². The minimum atomic E-state index is -1.90. The first-order valence-electron chi connectivity index (χ1n) is 13.2. The Morgan fingerprint density at radius 2 is 1.71 bits per heavy atom. The van der Waals surface area contributed by atoms with Crippen molar-refractivity contribution in [2.24, 2.45) is 5.73 Å². The van der Waals surface area contributed by atoms with Gasteiger partial charge in [-0.05, 0) is 26.0 Å². The van der Waals surface area contributed by atoms with E-state index in [9.17, 15) is 14.7 Å². The van der Waals surface area contributed by atoms with Gasteiger partial charge in [0.15, 0.2) is 17.1 Å². The molecule has 4 atom stereocenters. The summed E-state index contributed by atoms with van der Waals surface area (Å²) in [5.41, 5.74) is 7.62. The number of amides is 2. The number of ether oxygens (including phenoxy) is 3. The number of hydrogen-bond donors (Lipinski definition) is 5. The SMILES string of the molecule is C[C@@]1(OC(=O)Nc2ccccc2)[C@](C)(OC(=O)NCCN)[C@@H](CO)O[C@@]1(c1ccccc1)n1cnc2c(N)ncnc21. The van der Waals surface area contributed by atoms with E-state index in [1.54, 1.807) is 72.2 Å². The van der Waals surface area contributed by atoms with Crippen molar-refractivity contribution in [2.45, 2.75) is 36.9 Å². The fourth-order valence-electron chi connectivity index (χ4n) is 5.39. The van der Waals surface area contributed by atoms with Crippen LogP contribution in [-0.2, 0) is 19.9 Å². The fraction of sp³-hybridized carbons (Fsp3) is 0.321. The van der Waals surface area contributed by atoms with Gasteiger partial charge in [0.2, 0.25) is 11.3 Å². The lowest BCUT2D eigenvalue weighted by Gasteiger charge is -2.47. The summed E-state index contributed by atoms with van der Waals surface area (Å²) in [5, 5.41) is 15.9. The Kier molecular flexibility index (Phi) is 7.69. The molecule has 1 fully saturated rings. The van der Waals surface area contributed by atoms with Gasteiger partial charge in [-0.3, -0.25) is 9.88 Å². The molecule has 0 spiro atoms. The van der Waals surface area contributed by atoms with Crippen molar-refractivity contribution in [3.8, 4) is 0 Å². The standard InChI is InChI=1S/C28H32N8O6/c1-26(41-24(38)31-14-13-29)20(15-37)40-28(18-9-5-3-6-10-18,36-17-34-21-22(30)32-16-33-23(21)36)27(26,2)42-25(39)35-19-11-7-4-8-12-19/h3-12,16-17,20,37H,13-15,29H2,1-2H3,(H,31,38)(H,35,39)(H2,30,32,33)/t20-,26-,27-,28-/m1/s1. The van der Waals surface area contributed by atoms with Gasteiger partial charge in [0.25, 0.3) is 0 Å². The van der Waals surface area contributed by atoms with Crippen LogP contribution >= 0.6 is 0 Å². The van der Waals surface area contributed by atoms with E-state index in [2.05, 4.69) is 25.6 Å². The van der Waals surface area contributed by atoms with Crippen molar-refractivity contribution in [1.82, 2.24) is 24.8 Å². The molecule has 1 aliphatic rings. The molecule has 3 heterocycles. The number of aromatic nitrogens is 4. The summed E-state index contributed by atoms with van der Waals surface area (Å²) in [4.78, 5) is 39.5. The lowest BCUT2D eigenvalue weighted by atomic mass is 9.74. The Labute approximate surface area is 241 Å². The Morgan fingerprint density at radius 3 is 2.38 bits per heavy atom. The van der Waals surface area contributed by atoms with Crippen molar-refractivity contribution in [2.75, 3.05) is 30.7 Å². The van der Waals surface area contributed by atoms with Gasteiger partial charge in [-0.25, -0.2) is 24.5 Å². The van der Waals surface area contributed by atoms with Crippen LogP contribution in [0.4, 0.5) is 21.1 Å². The highest BCUT2D eigenvalue weighted by atomic mass is 16.7. The van der Waals surface area contributed by atoms with Crippen molar-refractivity contribution < 1.29 is 28.9 Å². The van der Waals surface area contributed by atoms with Crippen LogP contribution in [0.15, 0.2) is 73.3 Å². The number of rotatable bonds is 8. The van der Waals surface area contributed by atoms with Crippen molar-refractivity contribution in [3.05, 3.63) is 78.9 Å². The predicted octanol–water partition coefficient (Wildman–Crippen LogP) is 1.95. The van der Waals surface area contributed by atoms with Crippen LogP contribution in [-0.4, -0.2) is 73.8 Å². The number of para-hydroxylation sites is 1. The molecular weight excluding hydrogens is 544 g/mol. The molecule has 0 radical (unpaired) electrons. The van der Waals surface area contributed by atoms with Gasteiger partial charge in [0, 0.05) is 24.3 Å². The van der Waals surface area contributed by atoms with Crippen LogP contribution in [0.2, 0.25) is 0 Å². The van der Waals surface area contributed by atoms with Crippen LogP contribution in [0.1, 0.15) is 19.4 Å². The maximum absolute atomic E-state index is 13.6. The number of aliphatic hydroxyl groups is 1. The zero-order valence-corrected chi connectivity index (χ0v) is 23.1. The molecule has 1 saturated heterocycles. The highest BCUT2D eigenvalue weighted by Gasteiger charge is 2.76. The van der Waals surface area contributed by atoms with E-state index in [0.29, 0.717) is 11.3 Å². The second kappa shape index (κ2) is 11.2. The zero-order valence-electron chi connectivity index (χ0n) is 23.1. The molecule has 2 aromatic carbocycles. The number of anilines is 2. The summed E-state index contributed by atoms with van der Waals surface area (Å²) >= 11 is 0. The van der Waals surface area contributed by atoms with Crippen LogP contribution in [0.3, 0.4) is 0 Å². The van der Waals surface area contributed by atoms with E-state index in [-0.39, 0.29) is 30.1 Å². The summed E-state index contributed by atoms with van der Waals surface area (Å²) in [6.45, 7) is 2.76. The van der Waals surface area contributed by atoms with Gasteiger partial charge in [0.05, 0.1) is 12.9 Å². The predicted molar refractivity (Wildman–Crippen MR) is 152 cm³/mol. The molecule has 14 nitrogen and oxygen atoms in total. The molecule has 2 aromatic heterocycles. The molecule has 220 valence electrons. The van der Waals surface area contributed by atoms with Crippen molar-refractivity contribution in [3.63, 3.8) is 0 Å². The highest BCUT2D eigenvalue weighted by molar-refractivity contribution is 5.85. The molecular formula is C28H32N8O6. The highest BCUT2D eigenvalue weighted by Crippen LogP contribution is 2.57. The average molecular weight is 577 g/mol. The number of nitrogen functional groups attached to an aromatic ring is 1. The summed E-state index contributed by atoms with van der Waals surface area (Å²) in [5.74, 6) is 0.114. The quantitative estimate of drug-likeness (QED) is 0.205. The van der Waals surface area contributed by atoms with Crippen LogP contribution in [0.5, 0.6) is 0 Å². The van der Waals surface area contributed by atoms with Gasteiger partial charge < -0.3 is 36.1 Å². The van der Waals surface area contributed by atoms with E-state index in [1.165, 1.54) is 19.6 Å². The molecule has 1 aliphatic heterocycles. The first-order valence-corrected chi connectivity index (χ1v) is 13.2. The van der Waals surface area contributed by atoms with E-state index in [4.69, 9.17) is 25.7 Å². The molecule has 42 heavy (non-hydrogen) atoms. The summed E-state index contributed by atoms with van der Waals surface area (Å²) in [7, 11) is 0. The molecule has 2 amide bonds. The van der Waals surface area contributed by atoms with Crippen LogP contribution in [0.25, 0.3) is 11.2 Å². The van der Waals surface area contributed by atoms with E-state index in [0.717, 1.165) is 0 Å². The van der Waals surface area contributed by atoms with Crippen molar-refractivity contribution >= 4 is 34.9 Å². The molecule has 0 saturated carbocycles. The van der Waals surface area contributed by atoms with E-state index >= 15 is 0 Å². The Morgan fingerprint density at radius 1 is 1.02 bits per heavy atom. The fourth-order valence-corrected chi connectivity index (χ4v) is 5.39. The Hall–Kier alpha value is -4.79. The normalized spacial score (nSPS) is 25.2.